The zero-order chi connectivity index (χ0) is 22.6. The van der Waals surface area contributed by atoms with E-state index in [2.05, 4.69) is 43.5 Å². The van der Waals surface area contributed by atoms with E-state index in [9.17, 15) is 14.4 Å². The number of carbonyl (C=O) groups excluding carboxylic acids is 3. The standard InChI is InChI=1S/C17H40N4O3Si4/c1-18(16(23)21(27(8,9)10)28(11,12)13)14-15(22)20(26(5,6)7)17(24)19(14)25(2,3)4/h14H,1-13H3. The first kappa shape index (κ1) is 25.1. The van der Waals surface area contributed by atoms with Gasteiger partial charge in [-0.3, -0.25) is 14.2 Å². The molecule has 5 amide bonds. The largest absolute Gasteiger partial charge is 0.378 e. The summed E-state index contributed by atoms with van der Waals surface area (Å²) in [6, 6.07) is -0.342. The van der Waals surface area contributed by atoms with E-state index in [1.165, 1.54) is 9.47 Å². The molecule has 11 heteroatoms. The van der Waals surface area contributed by atoms with Gasteiger partial charge in [0.25, 0.3) is 5.91 Å². The minimum atomic E-state index is -2.21. The Morgan fingerprint density at radius 2 is 1.18 bits per heavy atom. The van der Waals surface area contributed by atoms with Crippen molar-refractivity contribution in [2.75, 3.05) is 7.05 Å². The fraction of sp³-hybridized carbons (Fsp3) is 0.824. The molecule has 0 aromatic heterocycles. The molecule has 1 fully saturated rings. The molecule has 1 aliphatic heterocycles. The lowest BCUT2D eigenvalue weighted by atomic mass is 10.4. The number of carbonyl (C=O) groups is 3. The molecule has 1 rings (SSSR count). The number of imide groups is 1. The second-order valence-electron chi connectivity index (χ2n) is 11.6. The molecule has 0 aromatic rings. The summed E-state index contributed by atoms with van der Waals surface area (Å²) in [7, 11) is -6.65. The predicted octanol–water partition coefficient (Wildman–Crippen LogP) is 4.27. The summed E-state index contributed by atoms with van der Waals surface area (Å²) >= 11 is 0. The average Bonchev–Trinajstić information content (AvgIpc) is 2.64. The zero-order valence-corrected chi connectivity index (χ0v) is 24.1. The molecule has 0 aromatic carbocycles. The molecule has 0 bridgehead atoms. The second kappa shape index (κ2) is 7.40. The third kappa shape index (κ3) is 4.79. The summed E-state index contributed by atoms with van der Waals surface area (Å²) in [4.78, 5) is 41.9. The summed E-state index contributed by atoms with van der Waals surface area (Å²) in [5, 5.41) is 0. The first-order chi connectivity index (χ1) is 12.1. The van der Waals surface area contributed by atoms with Gasteiger partial charge in [-0.25, -0.2) is 4.79 Å². The van der Waals surface area contributed by atoms with E-state index < -0.39 is 39.1 Å². The molecule has 0 saturated carbocycles. The van der Waals surface area contributed by atoms with E-state index >= 15 is 0 Å². The lowest BCUT2D eigenvalue weighted by Crippen LogP contribution is -2.68. The Morgan fingerprint density at radius 1 is 0.786 bits per heavy atom. The minimum absolute atomic E-state index is 0.120. The van der Waals surface area contributed by atoms with Crippen LogP contribution < -0.4 is 0 Å². The predicted molar refractivity (Wildman–Crippen MR) is 126 cm³/mol. The molecule has 0 N–H and O–H groups in total. The lowest BCUT2D eigenvalue weighted by molar-refractivity contribution is -0.128. The van der Waals surface area contributed by atoms with Crippen LogP contribution >= 0.6 is 0 Å². The van der Waals surface area contributed by atoms with Gasteiger partial charge < -0.3 is 13.7 Å². The summed E-state index contributed by atoms with van der Waals surface area (Å²) in [5.74, 6) is -0.242. The molecule has 1 heterocycles. The van der Waals surface area contributed by atoms with Crippen molar-refractivity contribution >= 4 is 50.9 Å². The van der Waals surface area contributed by atoms with Crippen molar-refractivity contribution in [1.29, 1.82) is 0 Å². The monoisotopic (exact) mass is 460 g/mol. The Kier molecular flexibility index (Phi) is 6.64. The van der Waals surface area contributed by atoms with Crippen LogP contribution in [0.15, 0.2) is 0 Å². The van der Waals surface area contributed by atoms with Crippen molar-refractivity contribution in [3.05, 3.63) is 0 Å². The summed E-state index contributed by atoms with van der Waals surface area (Å²) in [6.45, 7) is 25.1. The van der Waals surface area contributed by atoms with Crippen molar-refractivity contribution in [3.63, 3.8) is 0 Å². The van der Waals surface area contributed by atoms with Crippen LogP contribution in [-0.2, 0) is 4.79 Å². The summed E-state index contributed by atoms with van der Waals surface area (Å²) in [5.41, 5.74) is 0. The Morgan fingerprint density at radius 3 is 1.46 bits per heavy atom. The van der Waals surface area contributed by atoms with Gasteiger partial charge in [0.05, 0.1) is 0 Å². The minimum Gasteiger partial charge on any atom is -0.378 e. The molecule has 0 radical (unpaired) electrons. The van der Waals surface area contributed by atoms with Gasteiger partial charge in [-0.05, 0) is 0 Å². The van der Waals surface area contributed by atoms with Gasteiger partial charge in [0, 0.05) is 7.05 Å². The van der Waals surface area contributed by atoms with Gasteiger partial charge in [0.15, 0.2) is 22.6 Å². The van der Waals surface area contributed by atoms with Gasteiger partial charge in [0.1, 0.15) is 16.5 Å². The molecule has 1 atom stereocenters. The first-order valence-electron chi connectivity index (χ1n) is 9.88. The number of amides is 5. The molecule has 0 aliphatic carbocycles. The van der Waals surface area contributed by atoms with E-state index in [4.69, 9.17) is 0 Å². The van der Waals surface area contributed by atoms with Gasteiger partial charge in [0.2, 0.25) is 0 Å². The fourth-order valence-corrected chi connectivity index (χ4v) is 16.7. The smallest absolute Gasteiger partial charge is 0.312 e. The molecule has 1 aliphatic rings. The van der Waals surface area contributed by atoms with Crippen LogP contribution in [0.2, 0.25) is 78.6 Å². The van der Waals surface area contributed by atoms with E-state index in [1.54, 1.807) is 11.6 Å². The highest BCUT2D eigenvalue weighted by atomic mass is 28.4. The lowest BCUT2D eigenvalue weighted by Gasteiger charge is -2.47. The van der Waals surface area contributed by atoms with Crippen LogP contribution in [0.4, 0.5) is 9.59 Å². The summed E-state index contributed by atoms with van der Waals surface area (Å²) < 4.78 is 5.25. The molecule has 0 spiro atoms. The molecule has 1 saturated heterocycles. The molecule has 162 valence electrons. The van der Waals surface area contributed by atoms with E-state index in [1.807, 2.05) is 39.3 Å². The molecular weight excluding hydrogens is 421 g/mol. The van der Waals surface area contributed by atoms with Crippen LogP contribution in [0.5, 0.6) is 0 Å². The van der Waals surface area contributed by atoms with E-state index in [0.717, 1.165) is 0 Å². The maximum absolute atomic E-state index is 13.6. The van der Waals surface area contributed by atoms with Crippen molar-refractivity contribution in [2.24, 2.45) is 0 Å². The molecule has 7 nitrogen and oxygen atoms in total. The van der Waals surface area contributed by atoms with E-state index in [0.29, 0.717) is 0 Å². The Balaban J connectivity index is 3.50. The third-order valence-electron chi connectivity index (χ3n) is 4.68. The van der Waals surface area contributed by atoms with E-state index in [-0.39, 0.29) is 18.0 Å². The quantitative estimate of drug-likeness (QED) is 0.454. The van der Waals surface area contributed by atoms with Crippen LogP contribution in [0.25, 0.3) is 0 Å². The third-order valence-corrected chi connectivity index (χ3v) is 15.4. The Labute approximate surface area is 175 Å². The highest BCUT2D eigenvalue weighted by Crippen LogP contribution is 2.32. The summed E-state index contributed by atoms with van der Waals surface area (Å²) in [6.07, 6.45) is -0.839. The Hall–Kier alpha value is -0.922. The van der Waals surface area contributed by atoms with Gasteiger partial charge >= 0.3 is 12.1 Å². The van der Waals surface area contributed by atoms with Crippen molar-refractivity contribution < 1.29 is 14.4 Å². The fourth-order valence-electron chi connectivity index (χ4n) is 3.99. The van der Waals surface area contributed by atoms with Gasteiger partial charge in [-0.15, -0.1) is 0 Å². The van der Waals surface area contributed by atoms with Crippen LogP contribution in [0, 0.1) is 0 Å². The SMILES string of the molecule is CN(C(=O)N([Si](C)(C)C)[Si](C)(C)C)C1C(=O)N([Si](C)(C)C)C(=O)N1[Si](C)(C)C. The first-order valence-corrected chi connectivity index (χ1v) is 23.7. The highest BCUT2D eigenvalue weighted by molar-refractivity contribution is 6.92. The van der Waals surface area contributed by atoms with Crippen LogP contribution in [0.3, 0.4) is 0 Å². The number of rotatable bonds is 5. The molecule has 1 unspecified atom stereocenters. The maximum Gasteiger partial charge on any atom is 0.312 e. The molecular formula is C17H40N4O3Si4. The molecule has 28 heavy (non-hydrogen) atoms. The Bertz CT molecular complexity index is 645. The number of urea groups is 2. The maximum atomic E-state index is 13.6. The topological polar surface area (TPSA) is 64.2 Å². The number of hydrogen-bond donors (Lipinski definition) is 0. The normalized spacial score (nSPS) is 19.4. The van der Waals surface area contributed by atoms with Crippen LogP contribution in [-0.4, -0.2) is 82.4 Å². The average molecular weight is 461 g/mol. The number of nitrogens with zero attached hydrogens (tertiary/aromatic N) is 4. The van der Waals surface area contributed by atoms with Crippen molar-refractivity contribution in [1.82, 2.24) is 18.3 Å². The number of likely N-dealkylation sites (N-methyl/N-ethyl adjacent to an activating group) is 1. The van der Waals surface area contributed by atoms with Crippen molar-refractivity contribution in [2.45, 2.75) is 84.7 Å². The highest BCUT2D eigenvalue weighted by Gasteiger charge is 2.56. The zero-order valence-electron chi connectivity index (χ0n) is 20.1. The second-order valence-corrected chi connectivity index (χ2v) is 31.2. The van der Waals surface area contributed by atoms with Gasteiger partial charge in [-0.1, -0.05) is 78.6 Å². The van der Waals surface area contributed by atoms with Crippen LogP contribution in [0.1, 0.15) is 0 Å². The number of hydrogen-bond acceptors (Lipinski definition) is 3. The van der Waals surface area contributed by atoms with Gasteiger partial charge in [-0.2, -0.15) is 0 Å². The van der Waals surface area contributed by atoms with Crippen molar-refractivity contribution in [3.8, 4) is 0 Å².